The van der Waals surface area contributed by atoms with E-state index in [-0.39, 0.29) is 47.0 Å². The van der Waals surface area contributed by atoms with Crippen molar-refractivity contribution in [3.8, 4) is 0 Å². The Morgan fingerprint density at radius 1 is 0.794 bits per heavy atom. The predicted octanol–water partition coefficient (Wildman–Crippen LogP) is 4.23. The van der Waals surface area contributed by atoms with Gasteiger partial charge in [-0.15, -0.1) is 0 Å². The van der Waals surface area contributed by atoms with Crippen LogP contribution in [0.25, 0.3) is 0 Å². The Kier molecular flexibility index (Phi) is 7.26. The first-order valence-corrected chi connectivity index (χ1v) is 9.94. The average Bonchev–Trinajstić information content (AvgIpc) is 2.80. The summed E-state index contributed by atoms with van der Waals surface area (Å²) in [5, 5.41) is 22.3. The van der Waals surface area contributed by atoms with E-state index in [0.29, 0.717) is 0 Å². The Hall–Kier alpha value is -4.67. The van der Waals surface area contributed by atoms with E-state index < -0.39 is 21.8 Å². The summed E-state index contributed by atoms with van der Waals surface area (Å²) in [7, 11) is 0. The molecule has 3 rings (SSSR count). The van der Waals surface area contributed by atoms with Gasteiger partial charge in [0.15, 0.2) is 0 Å². The van der Waals surface area contributed by atoms with Crippen molar-refractivity contribution in [1.82, 2.24) is 4.98 Å². The average molecular weight is 465 g/mol. The second-order valence-electron chi connectivity index (χ2n) is 7.36. The quantitative estimate of drug-likeness (QED) is 0.270. The van der Waals surface area contributed by atoms with Crippen molar-refractivity contribution in [3.63, 3.8) is 0 Å². The highest BCUT2D eigenvalue weighted by Gasteiger charge is 2.19. The van der Waals surface area contributed by atoms with Crippen molar-refractivity contribution < 1.29 is 28.9 Å². The van der Waals surface area contributed by atoms with Crippen LogP contribution in [-0.4, -0.2) is 26.8 Å². The zero-order valence-electron chi connectivity index (χ0n) is 18.2. The Morgan fingerprint density at radius 2 is 1.29 bits per heavy atom. The molecule has 0 radical (unpaired) electrons. The molecule has 1 aromatic heterocycles. The normalized spacial score (nSPS) is 10.4. The largest absolute Gasteiger partial charge is 0.457 e. The minimum absolute atomic E-state index is 0.0289. The van der Waals surface area contributed by atoms with E-state index in [1.165, 1.54) is 24.3 Å². The molecule has 11 heteroatoms. The molecule has 1 heterocycles. The molecular weight excluding hydrogens is 446 g/mol. The third-order valence-corrected chi connectivity index (χ3v) is 4.79. The molecule has 0 saturated heterocycles. The predicted molar refractivity (Wildman–Crippen MR) is 118 cm³/mol. The lowest BCUT2D eigenvalue weighted by molar-refractivity contribution is -0.386. The first-order valence-electron chi connectivity index (χ1n) is 9.94. The highest BCUT2D eigenvalue weighted by atomic mass is 16.6. The molecule has 0 fully saturated rings. The van der Waals surface area contributed by atoms with Crippen LogP contribution in [0.15, 0.2) is 54.7 Å². The number of pyridine rings is 1. The Bertz CT molecular complexity index is 1170. The van der Waals surface area contributed by atoms with Gasteiger partial charge in [0.25, 0.3) is 11.4 Å². The van der Waals surface area contributed by atoms with Gasteiger partial charge >= 0.3 is 11.9 Å². The molecule has 0 N–H and O–H groups in total. The first kappa shape index (κ1) is 24.0. The Morgan fingerprint density at radius 3 is 1.74 bits per heavy atom. The summed E-state index contributed by atoms with van der Waals surface area (Å²) < 4.78 is 10.3. The van der Waals surface area contributed by atoms with Crippen molar-refractivity contribution in [2.75, 3.05) is 0 Å². The summed E-state index contributed by atoms with van der Waals surface area (Å²) in [5.74, 6) is -1.61. The molecule has 0 saturated carbocycles. The van der Waals surface area contributed by atoms with E-state index in [1.807, 2.05) is 0 Å². The van der Waals surface area contributed by atoms with Crippen LogP contribution in [0.3, 0.4) is 0 Å². The van der Waals surface area contributed by atoms with Crippen molar-refractivity contribution >= 4 is 23.3 Å². The van der Waals surface area contributed by atoms with E-state index in [2.05, 4.69) is 4.98 Å². The van der Waals surface area contributed by atoms with Crippen LogP contribution in [0.5, 0.6) is 0 Å². The molecule has 11 nitrogen and oxygen atoms in total. The highest BCUT2D eigenvalue weighted by molar-refractivity contribution is 5.91. The van der Waals surface area contributed by atoms with Crippen LogP contribution in [-0.2, 0) is 22.7 Å². The number of aryl methyl sites for hydroxylation is 2. The van der Waals surface area contributed by atoms with Crippen molar-refractivity contribution in [2.24, 2.45) is 0 Å². The molecule has 3 aromatic rings. The molecule has 2 aromatic carbocycles. The molecule has 0 bridgehead atoms. The van der Waals surface area contributed by atoms with Crippen LogP contribution in [0.2, 0.25) is 0 Å². The number of ether oxygens (including phenoxy) is 2. The number of hydrogen-bond acceptors (Lipinski definition) is 9. The third kappa shape index (κ3) is 5.76. The lowest BCUT2D eigenvalue weighted by Gasteiger charge is -2.08. The maximum absolute atomic E-state index is 12.3. The molecule has 0 atom stereocenters. The van der Waals surface area contributed by atoms with E-state index >= 15 is 0 Å². The molecule has 0 spiro atoms. The topological polar surface area (TPSA) is 152 Å². The maximum Gasteiger partial charge on any atom is 0.357 e. The summed E-state index contributed by atoms with van der Waals surface area (Å²) in [4.78, 5) is 49.6. The van der Waals surface area contributed by atoms with Gasteiger partial charge in [-0.1, -0.05) is 23.3 Å². The number of esters is 2. The number of carbonyl (C=O) groups is 2. The van der Waals surface area contributed by atoms with Crippen LogP contribution < -0.4 is 0 Å². The van der Waals surface area contributed by atoms with Gasteiger partial charge in [0.2, 0.25) is 0 Å². The van der Waals surface area contributed by atoms with Gasteiger partial charge in [-0.05, 0) is 38.1 Å². The fourth-order valence-electron chi connectivity index (χ4n) is 3.10. The lowest BCUT2D eigenvalue weighted by Crippen LogP contribution is -2.11. The van der Waals surface area contributed by atoms with Crippen LogP contribution >= 0.6 is 0 Å². The molecule has 0 amide bonds. The van der Waals surface area contributed by atoms with E-state index in [9.17, 15) is 29.8 Å². The van der Waals surface area contributed by atoms with Crippen molar-refractivity contribution in [3.05, 3.63) is 108 Å². The van der Waals surface area contributed by atoms with Gasteiger partial charge < -0.3 is 9.47 Å². The van der Waals surface area contributed by atoms with Crippen LogP contribution in [0, 0.1) is 34.1 Å². The number of hydrogen-bond donors (Lipinski definition) is 0. The monoisotopic (exact) mass is 465 g/mol. The first-order chi connectivity index (χ1) is 16.2. The smallest absolute Gasteiger partial charge is 0.357 e. The zero-order valence-corrected chi connectivity index (χ0v) is 18.2. The van der Waals surface area contributed by atoms with Crippen LogP contribution in [0.4, 0.5) is 11.4 Å². The second kappa shape index (κ2) is 10.3. The molecule has 34 heavy (non-hydrogen) atoms. The Labute approximate surface area is 193 Å². The number of nitro groups is 2. The Balaban J connectivity index is 1.63. The zero-order chi connectivity index (χ0) is 24.8. The van der Waals surface area contributed by atoms with Crippen molar-refractivity contribution in [1.29, 1.82) is 0 Å². The maximum atomic E-state index is 12.3. The summed E-state index contributed by atoms with van der Waals surface area (Å²) in [6.45, 7) is 2.88. The molecule has 0 aliphatic heterocycles. The number of aromatic nitrogens is 1. The van der Waals surface area contributed by atoms with Gasteiger partial charge in [0.1, 0.15) is 18.9 Å². The minimum atomic E-state index is -0.828. The lowest BCUT2D eigenvalue weighted by atomic mass is 10.1. The minimum Gasteiger partial charge on any atom is -0.457 e. The summed E-state index contributed by atoms with van der Waals surface area (Å²) in [6.07, 6.45) is 1.11. The second-order valence-corrected chi connectivity index (χ2v) is 7.36. The van der Waals surface area contributed by atoms with E-state index in [4.69, 9.17) is 9.47 Å². The fraction of sp³-hybridized carbons (Fsp3) is 0.174. The molecular formula is C23H19N3O8. The van der Waals surface area contributed by atoms with Gasteiger partial charge in [-0.25, -0.2) is 14.6 Å². The summed E-state index contributed by atoms with van der Waals surface area (Å²) in [5.41, 5.74) is 1.62. The molecule has 174 valence electrons. The SMILES string of the molecule is Cc1ccc([N+](=O)[O-])c(COC(=O)c2ccc(C(=O)OCc3cc(C)ccc3[N+](=O)[O-])nc2)c1. The standard InChI is InChI=1S/C23H19N3O8/c1-14-3-7-20(25(29)30)17(9-14)12-33-22(27)16-5-6-19(24-11-16)23(28)34-13-18-10-15(2)4-8-21(18)26(31)32/h3-11H,12-13H2,1-2H3. The van der Waals surface area contributed by atoms with Gasteiger partial charge in [-0.3, -0.25) is 20.2 Å². The van der Waals surface area contributed by atoms with E-state index in [0.717, 1.165) is 17.3 Å². The number of carbonyl (C=O) groups excluding carboxylic acids is 2. The molecule has 0 aliphatic rings. The van der Waals surface area contributed by atoms with Gasteiger partial charge in [0, 0.05) is 18.3 Å². The number of rotatable bonds is 8. The van der Waals surface area contributed by atoms with Crippen LogP contribution in [0.1, 0.15) is 43.1 Å². The number of nitrogens with zero attached hydrogens (tertiary/aromatic N) is 3. The van der Waals surface area contributed by atoms with Gasteiger partial charge in [0.05, 0.1) is 26.5 Å². The number of nitro benzene ring substituents is 2. The molecule has 0 unspecified atom stereocenters. The van der Waals surface area contributed by atoms with Crippen molar-refractivity contribution in [2.45, 2.75) is 27.1 Å². The summed E-state index contributed by atoms with van der Waals surface area (Å²) >= 11 is 0. The fourth-order valence-corrected chi connectivity index (χ4v) is 3.10. The highest BCUT2D eigenvalue weighted by Crippen LogP contribution is 2.22. The van der Waals surface area contributed by atoms with E-state index in [1.54, 1.807) is 38.1 Å². The summed E-state index contributed by atoms with van der Waals surface area (Å²) in [6, 6.07) is 11.5. The molecule has 0 aliphatic carbocycles. The number of benzene rings is 2. The van der Waals surface area contributed by atoms with Gasteiger partial charge in [-0.2, -0.15) is 0 Å². The third-order valence-electron chi connectivity index (χ3n) is 4.79.